The first kappa shape index (κ1) is 10.8. The molecule has 0 saturated heterocycles. The summed E-state index contributed by atoms with van der Waals surface area (Å²) in [5, 5.41) is 8.81. The largest absolute Gasteiger partial charge is 0.390 e. The van der Waals surface area contributed by atoms with E-state index in [0.29, 0.717) is 5.70 Å². The number of aliphatic imine (C=N–C) groups is 1. The number of aliphatic hydroxyl groups excluding tert-OH is 1. The molecule has 0 aromatic heterocycles. The number of aliphatic hydroxyl groups is 1. The van der Waals surface area contributed by atoms with Gasteiger partial charge in [0.1, 0.15) is 0 Å². The average molecular weight is 165 g/mol. The lowest BCUT2D eigenvalue weighted by molar-refractivity contribution is 0.330. The molecule has 2 heteroatoms. The molecule has 0 spiro atoms. The molecule has 0 aliphatic rings. The van der Waals surface area contributed by atoms with Gasteiger partial charge in [0.2, 0.25) is 0 Å². The Hall–Kier alpha value is -1.15. The smallest absolute Gasteiger partial charge is 0.0852 e. The molecule has 0 atom stereocenters. The minimum Gasteiger partial charge on any atom is -0.390 e. The van der Waals surface area contributed by atoms with E-state index in [1.54, 1.807) is 12.3 Å². The third-order valence-electron chi connectivity index (χ3n) is 1.16. The third kappa shape index (κ3) is 5.62. The van der Waals surface area contributed by atoms with Gasteiger partial charge in [-0.05, 0) is 26.0 Å². The summed E-state index contributed by atoms with van der Waals surface area (Å²) >= 11 is 0. The molecule has 0 aliphatic carbocycles. The van der Waals surface area contributed by atoms with Gasteiger partial charge in [-0.25, -0.2) is 0 Å². The summed E-state index contributed by atoms with van der Waals surface area (Å²) in [6.07, 6.45) is 10.9. The zero-order chi connectivity index (χ0) is 9.23. The predicted octanol–water partition coefficient (Wildman–Crippen LogP) is 2.09. The van der Waals surface area contributed by atoms with Crippen LogP contribution < -0.4 is 0 Å². The Bertz CT molecular complexity index is 212. The first-order valence-corrected chi connectivity index (χ1v) is 3.93. The maximum Gasteiger partial charge on any atom is 0.0852 e. The molecule has 0 aromatic rings. The highest BCUT2D eigenvalue weighted by atomic mass is 16.3. The molecule has 0 saturated carbocycles. The van der Waals surface area contributed by atoms with Crippen molar-refractivity contribution in [2.24, 2.45) is 4.99 Å². The second kappa shape index (κ2) is 7.95. The fraction of sp³-hybridized carbons (Fsp3) is 0.300. The van der Waals surface area contributed by atoms with Crippen molar-refractivity contribution in [3.63, 3.8) is 0 Å². The lowest BCUT2D eigenvalue weighted by Gasteiger charge is -1.91. The quantitative estimate of drug-likeness (QED) is 0.502. The maximum atomic E-state index is 8.81. The van der Waals surface area contributed by atoms with Crippen LogP contribution in [0.15, 0.2) is 41.1 Å². The fourth-order valence-corrected chi connectivity index (χ4v) is 0.569. The highest BCUT2D eigenvalue weighted by Gasteiger charge is 1.84. The van der Waals surface area contributed by atoms with Gasteiger partial charge in [-0.15, -0.1) is 0 Å². The topological polar surface area (TPSA) is 32.6 Å². The molecule has 1 N–H and O–H groups in total. The second-order valence-corrected chi connectivity index (χ2v) is 2.15. The van der Waals surface area contributed by atoms with Crippen LogP contribution in [0.3, 0.4) is 0 Å². The Labute approximate surface area is 73.6 Å². The summed E-state index contributed by atoms with van der Waals surface area (Å²) in [5.74, 6) is 0. The van der Waals surface area contributed by atoms with E-state index in [0.717, 1.165) is 0 Å². The van der Waals surface area contributed by atoms with Crippen LogP contribution in [0.5, 0.6) is 0 Å². The summed E-state index contributed by atoms with van der Waals surface area (Å²) in [6.45, 7) is 3.81. The zero-order valence-corrected chi connectivity index (χ0v) is 7.57. The van der Waals surface area contributed by atoms with Crippen LogP contribution in [-0.2, 0) is 0 Å². The summed E-state index contributed by atoms with van der Waals surface area (Å²) < 4.78 is 0. The highest BCUT2D eigenvalue weighted by molar-refractivity contribution is 5.72. The zero-order valence-electron chi connectivity index (χ0n) is 7.57. The maximum absolute atomic E-state index is 8.81. The number of rotatable bonds is 4. The van der Waals surface area contributed by atoms with Crippen molar-refractivity contribution in [1.29, 1.82) is 0 Å². The van der Waals surface area contributed by atoms with Crippen molar-refractivity contribution in [3.8, 4) is 0 Å². The molecular weight excluding hydrogens is 150 g/mol. The normalized spacial score (nSPS) is 14.1. The van der Waals surface area contributed by atoms with E-state index >= 15 is 0 Å². The minimum absolute atomic E-state index is 0.0294. The fourth-order valence-electron chi connectivity index (χ4n) is 0.569. The van der Waals surface area contributed by atoms with Crippen LogP contribution in [0.25, 0.3) is 0 Å². The second-order valence-electron chi connectivity index (χ2n) is 2.15. The molecule has 0 aromatic carbocycles. The molecule has 0 radical (unpaired) electrons. The Morgan fingerprint density at radius 1 is 1.25 bits per heavy atom. The number of nitrogens with zero attached hydrogens (tertiary/aromatic N) is 1. The van der Waals surface area contributed by atoms with Crippen LogP contribution in [0.2, 0.25) is 0 Å². The highest BCUT2D eigenvalue weighted by Crippen LogP contribution is 1.94. The number of hydrogen-bond donors (Lipinski definition) is 1. The Morgan fingerprint density at radius 2 is 1.92 bits per heavy atom. The molecule has 0 aliphatic heterocycles. The lowest BCUT2D eigenvalue weighted by Crippen LogP contribution is -1.85. The average Bonchev–Trinajstić information content (AvgIpc) is 2.11. The van der Waals surface area contributed by atoms with Crippen molar-refractivity contribution in [2.75, 3.05) is 6.61 Å². The summed E-state index contributed by atoms with van der Waals surface area (Å²) in [4.78, 5) is 4.02. The number of hydrogen-bond acceptors (Lipinski definition) is 2. The SMILES string of the molecule is C\C=C/C=N\C(=C/C=C/C)CO. The van der Waals surface area contributed by atoms with Gasteiger partial charge in [0.05, 0.1) is 12.3 Å². The van der Waals surface area contributed by atoms with Crippen LogP contribution in [0, 0.1) is 0 Å². The first-order chi connectivity index (χ1) is 5.85. The van der Waals surface area contributed by atoms with Gasteiger partial charge in [-0.2, -0.15) is 0 Å². The van der Waals surface area contributed by atoms with Crippen molar-refractivity contribution in [3.05, 3.63) is 36.1 Å². The minimum atomic E-state index is -0.0294. The van der Waals surface area contributed by atoms with Gasteiger partial charge < -0.3 is 5.11 Å². The van der Waals surface area contributed by atoms with Gasteiger partial charge >= 0.3 is 0 Å². The molecule has 66 valence electrons. The van der Waals surface area contributed by atoms with E-state index in [1.165, 1.54) is 0 Å². The standard InChI is InChI=1S/C10H15NO/c1-3-5-7-10(9-12)11-8-6-4-2/h3-8,12H,9H2,1-2H3/b5-3+,6-4-,10-7-,11-8-. The summed E-state index contributed by atoms with van der Waals surface area (Å²) in [5.41, 5.74) is 0.659. The van der Waals surface area contributed by atoms with Gasteiger partial charge in [-0.1, -0.05) is 18.2 Å². The molecule has 12 heavy (non-hydrogen) atoms. The molecule has 0 fully saturated rings. The van der Waals surface area contributed by atoms with Crippen molar-refractivity contribution in [2.45, 2.75) is 13.8 Å². The van der Waals surface area contributed by atoms with Crippen LogP contribution in [-0.4, -0.2) is 17.9 Å². The Morgan fingerprint density at radius 3 is 2.42 bits per heavy atom. The predicted molar refractivity (Wildman–Crippen MR) is 53.3 cm³/mol. The van der Waals surface area contributed by atoms with Gasteiger partial charge in [0.15, 0.2) is 0 Å². The van der Waals surface area contributed by atoms with Crippen LogP contribution >= 0.6 is 0 Å². The van der Waals surface area contributed by atoms with Gasteiger partial charge in [0.25, 0.3) is 0 Å². The van der Waals surface area contributed by atoms with E-state index < -0.39 is 0 Å². The van der Waals surface area contributed by atoms with E-state index in [4.69, 9.17) is 5.11 Å². The Balaban J connectivity index is 4.16. The molecule has 0 unspecified atom stereocenters. The van der Waals surface area contributed by atoms with Crippen LogP contribution in [0.4, 0.5) is 0 Å². The van der Waals surface area contributed by atoms with E-state index in [2.05, 4.69) is 4.99 Å². The van der Waals surface area contributed by atoms with E-state index in [1.807, 2.05) is 38.2 Å². The van der Waals surface area contributed by atoms with Crippen molar-refractivity contribution in [1.82, 2.24) is 0 Å². The molecule has 0 rings (SSSR count). The van der Waals surface area contributed by atoms with Gasteiger partial charge in [0, 0.05) is 6.21 Å². The monoisotopic (exact) mass is 165 g/mol. The Kier molecular flexibility index (Phi) is 7.19. The summed E-state index contributed by atoms with van der Waals surface area (Å²) in [6, 6.07) is 0. The summed E-state index contributed by atoms with van der Waals surface area (Å²) in [7, 11) is 0. The number of allylic oxidation sites excluding steroid dienone is 5. The van der Waals surface area contributed by atoms with Crippen molar-refractivity contribution >= 4 is 6.21 Å². The van der Waals surface area contributed by atoms with Crippen LogP contribution in [0.1, 0.15) is 13.8 Å². The lowest BCUT2D eigenvalue weighted by atomic mass is 10.4. The molecule has 0 bridgehead atoms. The molecule has 2 nitrogen and oxygen atoms in total. The van der Waals surface area contributed by atoms with E-state index in [9.17, 15) is 0 Å². The van der Waals surface area contributed by atoms with Gasteiger partial charge in [-0.3, -0.25) is 4.99 Å². The van der Waals surface area contributed by atoms with E-state index in [-0.39, 0.29) is 6.61 Å². The molecule has 0 amide bonds. The van der Waals surface area contributed by atoms with Crippen molar-refractivity contribution < 1.29 is 5.11 Å². The first-order valence-electron chi connectivity index (χ1n) is 3.93. The molecular formula is C10H15NO. The molecule has 0 heterocycles. The third-order valence-corrected chi connectivity index (χ3v) is 1.16.